The Balaban J connectivity index is 0.000000406. The molecule has 0 radical (unpaired) electrons. The van der Waals surface area contributed by atoms with Crippen LogP contribution in [-0.2, 0) is 4.79 Å². The van der Waals surface area contributed by atoms with Gasteiger partial charge in [0.05, 0.1) is 0 Å². The summed E-state index contributed by atoms with van der Waals surface area (Å²) in [6.45, 7) is 2.56. The molecule has 2 aromatic rings. The number of ether oxygens (including phenoxy) is 1. The number of aliphatic carboxylic acids is 1. The average Bonchev–Trinajstić information content (AvgIpc) is 3.29. The molecule has 34 heavy (non-hydrogen) atoms. The van der Waals surface area contributed by atoms with Crippen LogP contribution in [0.3, 0.4) is 0 Å². The van der Waals surface area contributed by atoms with Crippen molar-refractivity contribution in [2.45, 2.75) is 63.1 Å². The molecule has 1 saturated heterocycles. The van der Waals surface area contributed by atoms with E-state index in [-0.39, 0.29) is 11.6 Å². The molecular formula is C22H27F3N4O5. The zero-order valence-corrected chi connectivity index (χ0v) is 18.4. The van der Waals surface area contributed by atoms with E-state index in [1.807, 2.05) is 12.1 Å². The predicted molar refractivity (Wildman–Crippen MR) is 114 cm³/mol. The van der Waals surface area contributed by atoms with E-state index in [2.05, 4.69) is 32.4 Å². The molecule has 2 aliphatic rings. The molecule has 1 aromatic carbocycles. The number of benzene rings is 1. The van der Waals surface area contributed by atoms with Crippen LogP contribution >= 0.6 is 0 Å². The molecule has 12 heteroatoms. The first-order valence-electron chi connectivity index (χ1n) is 11.1. The number of alkyl halides is 3. The maximum absolute atomic E-state index is 11.1. The van der Waals surface area contributed by atoms with E-state index in [0.29, 0.717) is 11.7 Å². The highest BCUT2D eigenvalue weighted by molar-refractivity contribution is 5.87. The van der Waals surface area contributed by atoms with E-state index in [1.54, 1.807) is 0 Å². The number of piperidine rings is 1. The minimum Gasteiger partial charge on any atom is -0.476 e. The summed E-state index contributed by atoms with van der Waals surface area (Å²) in [6, 6.07) is 8.70. The molecule has 2 heterocycles. The van der Waals surface area contributed by atoms with Crippen LogP contribution in [0.5, 0.6) is 11.6 Å². The summed E-state index contributed by atoms with van der Waals surface area (Å²) in [4.78, 5) is 22.7. The lowest BCUT2D eigenvalue weighted by molar-refractivity contribution is -0.192. The van der Waals surface area contributed by atoms with Gasteiger partial charge in [0.2, 0.25) is 5.69 Å². The maximum atomic E-state index is 11.1. The lowest BCUT2D eigenvalue weighted by Crippen LogP contribution is -2.41. The summed E-state index contributed by atoms with van der Waals surface area (Å²) in [7, 11) is 0. The third-order valence-electron chi connectivity index (χ3n) is 6.14. The van der Waals surface area contributed by atoms with Gasteiger partial charge in [0.1, 0.15) is 5.75 Å². The number of aromatic amines is 1. The van der Waals surface area contributed by atoms with Gasteiger partial charge in [-0.15, -0.1) is 0 Å². The van der Waals surface area contributed by atoms with Gasteiger partial charge in [0.15, 0.2) is 0 Å². The average molecular weight is 484 g/mol. The van der Waals surface area contributed by atoms with Crippen molar-refractivity contribution in [1.29, 1.82) is 0 Å². The van der Waals surface area contributed by atoms with Crippen molar-refractivity contribution >= 4 is 11.9 Å². The fourth-order valence-corrected chi connectivity index (χ4v) is 4.41. The van der Waals surface area contributed by atoms with Crippen LogP contribution in [0, 0.1) is 0 Å². The number of nitrogens with zero attached hydrogens (tertiary/aromatic N) is 3. The van der Waals surface area contributed by atoms with E-state index >= 15 is 0 Å². The van der Waals surface area contributed by atoms with Crippen molar-refractivity contribution in [3.05, 3.63) is 35.5 Å². The van der Waals surface area contributed by atoms with Gasteiger partial charge in [-0.2, -0.15) is 13.2 Å². The van der Waals surface area contributed by atoms with Crippen molar-refractivity contribution < 1.29 is 37.7 Å². The molecule has 1 saturated carbocycles. The fraction of sp³-hybridized carbons (Fsp3) is 0.545. The molecular weight excluding hydrogens is 457 g/mol. The number of carbonyl (C=O) groups is 2. The van der Waals surface area contributed by atoms with Crippen LogP contribution in [0.4, 0.5) is 13.2 Å². The number of aromatic nitrogens is 3. The van der Waals surface area contributed by atoms with Crippen LogP contribution in [0.1, 0.15) is 66.9 Å². The van der Waals surface area contributed by atoms with Crippen LogP contribution < -0.4 is 4.74 Å². The van der Waals surface area contributed by atoms with Gasteiger partial charge in [-0.1, -0.05) is 28.9 Å². The van der Waals surface area contributed by atoms with Crippen molar-refractivity contribution in [1.82, 2.24) is 20.3 Å². The Bertz CT molecular complexity index is 950. The highest BCUT2D eigenvalue weighted by Crippen LogP contribution is 2.36. The number of likely N-dealkylation sites (tertiary alicyclic amines) is 1. The van der Waals surface area contributed by atoms with E-state index in [1.165, 1.54) is 63.6 Å². The van der Waals surface area contributed by atoms with Gasteiger partial charge in [-0.3, -0.25) is 0 Å². The van der Waals surface area contributed by atoms with Crippen molar-refractivity contribution in [2.75, 3.05) is 13.1 Å². The van der Waals surface area contributed by atoms with Gasteiger partial charge in [-0.05, 0) is 75.2 Å². The predicted octanol–water partition coefficient (Wildman–Crippen LogP) is 4.44. The molecule has 0 bridgehead atoms. The standard InChI is InChI=1S/C20H26N4O3.C2HF3O2/c25-20(26)18-19(22-23-21-18)27-17-10-6-15(7-11-17)14-4-8-16(9-5-14)24-12-2-1-3-13-24;3-2(4,5)1(6)7/h6-7,10-11,14,16H,1-5,8-9,12-13H2,(H,25,26)(H,21,22,23);(H,6,7). The van der Waals surface area contributed by atoms with E-state index in [0.717, 1.165) is 6.04 Å². The Morgan fingerprint density at radius 1 is 1.00 bits per heavy atom. The Morgan fingerprint density at radius 2 is 1.59 bits per heavy atom. The van der Waals surface area contributed by atoms with E-state index in [9.17, 15) is 18.0 Å². The molecule has 186 valence electrons. The van der Waals surface area contributed by atoms with E-state index < -0.39 is 18.1 Å². The lowest BCUT2D eigenvalue weighted by Gasteiger charge is -2.39. The third-order valence-corrected chi connectivity index (χ3v) is 6.14. The first-order chi connectivity index (χ1) is 16.1. The number of hydrogen-bond acceptors (Lipinski definition) is 6. The molecule has 4 rings (SSSR count). The van der Waals surface area contributed by atoms with Gasteiger partial charge in [0.25, 0.3) is 5.88 Å². The van der Waals surface area contributed by atoms with Crippen LogP contribution in [0.25, 0.3) is 0 Å². The van der Waals surface area contributed by atoms with Gasteiger partial charge >= 0.3 is 18.1 Å². The number of H-pyrrole nitrogens is 1. The van der Waals surface area contributed by atoms with Crippen LogP contribution in [0.15, 0.2) is 24.3 Å². The van der Waals surface area contributed by atoms with Crippen LogP contribution in [-0.4, -0.2) is 67.8 Å². The molecule has 0 unspecified atom stereocenters. The topological polar surface area (TPSA) is 129 Å². The summed E-state index contributed by atoms with van der Waals surface area (Å²) < 4.78 is 37.3. The first-order valence-corrected chi connectivity index (χ1v) is 11.1. The van der Waals surface area contributed by atoms with E-state index in [4.69, 9.17) is 19.7 Å². The maximum Gasteiger partial charge on any atom is 0.490 e. The largest absolute Gasteiger partial charge is 0.490 e. The first kappa shape index (κ1) is 25.5. The highest BCUT2D eigenvalue weighted by atomic mass is 19.4. The fourth-order valence-electron chi connectivity index (χ4n) is 4.41. The van der Waals surface area contributed by atoms with Crippen molar-refractivity contribution in [3.63, 3.8) is 0 Å². The zero-order chi connectivity index (χ0) is 24.7. The summed E-state index contributed by atoms with van der Waals surface area (Å²) in [6.07, 6.45) is 4.05. The summed E-state index contributed by atoms with van der Waals surface area (Å²) in [5.41, 5.74) is 1.19. The molecule has 1 aromatic heterocycles. The molecule has 1 aliphatic heterocycles. The molecule has 2 fully saturated rings. The number of hydrogen-bond donors (Lipinski definition) is 3. The Hall–Kier alpha value is -3.15. The zero-order valence-electron chi connectivity index (χ0n) is 18.4. The second-order valence-electron chi connectivity index (χ2n) is 8.37. The summed E-state index contributed by atoms with van der Waals surface area (Å²) >= 11 is 0. The monoisotopic (exact) mass is 484 g/mol. The highest BCUT2D eigenvalue weighted by Gasteiger charge is 2.38. The number of aromatic carboxylic acids is 1. The quantitative estimate of drug-likeness (QED) is 0.568. The third kappa shape index (κ3) is 6.92. The number of carboxylic acid groups (broad SMARTS) is 2. The van der Waals surface area contributed by atoms with Crippen molar-refractivity contribution in [3.8, 4) is 11.6 Å². The Labute approximate surface area is 193 Å². The second-order valence-corrected chi connectivity index (χ2v) is 8.37. The Kier molecular flexibility index (Phi) is 8.48. The summed E-state index contributed by atoms with van der Waals surface area (Å²) in [5, 5.41) is 25.7. The minimum absolute atomic E-state index is 0.0164. The smallest absolute Gasteiger partial charge is 0.476 e. The van der Waals surface area contributed by atoms with Gasteiger partial charge in [-0.25, -0.2) is 14.7 Å². The normalized spacial score (nSPS) is 21.3. The Morgan fingerprint density at radius 3 is 2.12 bits per heavy atom. The lowest BCUT2D eigenvalue weighted by atomic mass is 9.81. The minimum atomic E-state index is -5.08. The van der Waals surface area contributed by atoms with Gasteiger partial charge in [0, 0.05) is 6.04 Å². The SMILES string of the molecule is O=C(O)C(F)(F)F.O=C(O)c1[nH]nnc1Oc1ccc(C2CCC(N3CCCCC3)CC2)cc1. The molecule has 0 spiro atoms. The number of carboxylic acids is 2. The molecule has 0 atom stereocenters. The number of rotatable bonds is 5. The van der Waals surface area contributed by atoms with Crippen molar-refractivity contribution in [2.24, 2.45) is 0 Å². The van der Waals surface area contributed by atoms with Crippen LogP contribution in [0.2, 0.25) is 0 Å². The molecule has 1 aliphatic carbocycles. The second kappa shape index (κ2) is 11.3. The molecule has 0 amide bonds. The molecule has 9 nitrogen and oxygen atoms in total. The van der Waals surface area contributed by atoms with Gasteiger partial charge < -0.3 is 19.8 Å². The molecule has 3 N–H and O–H groups in total. The number of nitrogens with one attached hydrogen (secondary N) is 1. The summed E-state index contributed by atoms with van der Waals surface area (Å²) in [5.74, 6) is -2.75. The number of halogens is 3.